The van der Waals surface area contributed by atoms with Gasteiger partial charge in [0, 0.05) is 5.41 Å². The molecule has 0 saturated heterocycles. The standard InChI is InChI=1S/C21H27N/c1-17-12-13-20(16-17)21(14-15-22,18-8-4-2-5-9-18)19-10-6-3-7-11-19/h2-11,17,20H,12-16,22H2,1H3. The van der Waals surface area contributed by atoms with Gasteiger partial charge < -0.3 is 5.73 Å². The Bertz CT molecular complexity index is 536. The van der Waals surface area contributed by atoms with Gasteiger partial charge in [0.2, 0.25) is 0 Å². The van der Waals surface area contributed by atoms with Gasteiger partial charge in [-0.2, -0.15) is 0 Å². The van der Waals surface area contributed by atoms with Crippen molar-refractivity contribution in [2.24, 2.45) is 17.6 Å². The first-order valence-electron chi connectivity index (χ1n) is 8.58. The molecule has 1 saturated carbocycles. The maximum atomic E-state index is 6.09. The van der Waals surface area contributed by atoms with E-state index in [0.29, 0.717) is 5.92 Å². The van der Waals surface area contributed by atoms with Crippen LogP contribution in [0, 0.1) is 11.8 Å². The average molecular weight is 293 g/mol. The lowest BCUT2D eigenvalue weighted by Crippen LogP contribution is -2.37. The van der Waals surface area contributed by atoms with E-state index in [1.165, 1.54) is 30.4 Å². The van der Waals surface area contributed by atoms with Crippen LogP contribution >= 0.6 is 0 Å². The molecule has 0 amide bonds. The number of hydrogen-bond donors (Lipinski definition) is 1. The fraction of sp³-hybridized carbons (Fsp3) is 0.429. The largest absolute Gasteiger partial charge is 0.330 e. The first-order chi connectivity index (χ1) is 10.8. The van der Waals surface area contributed by atoms with Crippen LogP contribution in [0.25, 0.3) is 0 Å². The highest BCUT2D eigenvalue weighted by atomic mass is 14.6. The lowest BCUT2D eigenvalue weighted by Gasteiger charge is -2.41. The lowest BCUT2D eigenvalue weighted by atomic mass is 9.63. The summed E-state index contributed by atoms with van der Waals surface area (Å²) in [5.74, 6) is 1.52. The molecule has 1 nitrogen and oxygen atoms in total. The van der Waals surface area contributed by atoms with Gasteiger partial charge in [-0.3, -0.25) is 0 Å². The van der Waals surface area contributed by atoms with E-state index in [1.807, 2.05) is 0 Å². The van der Waals surface area contributed by atoms with Gasteiger partial charge in [0.05, 0.1) is 0 Å². The molecule has 116 valence electrons. The Morgan fingerprint density at radius 1 is 0.909 bits per heavy atom. The predicted molar refractivity (Wildman–Crippen MR) is 93.8 cm³/mol. The Hall–Kier alpha value is -1.60. The third-order valence-corrected chi connectivity index (χ3v) is 5.51. The molecule has 1 fully saturated rings. The maximum Gasteiger partial charge on any atom is 0.0243 e. The van der Waals surface area contributed by atoms with E-state index in [0.717, 1.165) is 18.9 Å². The van der Waals surface area contributed by atoms with Crippen molar-refractivity contribution in [3.63, 3.8) is 0 Å². The first-order valence-corrected chi connectivity index (χ1v) is 8.58. The van der Waals surface area contributed by atoms with Gasteiger partial charge in [-0.25, -0.2) is 0 Å². The van der Waals surface area contributed by atoms with Crippen molar-refractivity contribution >= 4 is 0 Å². The Morgan fingerprint density at radius 3 is 1.86 bits per heavy atom. The number of nitrogens with two attached hydrogens (primary N) is 1. The predicted octanol–water partition coefficient (Wildman–Crippen LogP) is 4.76. The molecule has 0 radical (unpaired) electrons. The molecule has 0 bridgehead atoms. The zero-order chi connectivity index (χ0) is 15.4. The summed E-state index contributed by atoms with van der Waals surface area (Å²) >= 11 is 0. The minimum atomic E-state index is 0.0715. The van der Waals surface area contributed by atoms with E-state index in [1.54, 1.807) is 0 Å². The molecule has 2 atom stereocenters. The van der Waals surface area contributed by atoms with Crippen LogP contribution in [-0.2, 0) is 5.41 Å². The topological polar surface area (TPSA) is 26.0 Å². The van der Waals surface area contributed by atoms with E-state index in [-0.39, 0.29) is 5.41 Å². The van der Waals surface area contributed by atoms with Crippen LogP contribution in [0.3, 0.4) is 0 Å². The van der Waals surface area contributed by atoms with Crippen LogP contribution in [0.5, 0.6) is 0 Å². The summed E-state index contributed by atoms with van der Waals surface area (Å²) in [6.45, 7) is 3.12. The van der Waals surface area contributed by atoms with E-state index < -0.39 is 0 Å². The van der Waals surface area contributed by atoms with Gasteiger partial charge in [0.15, 0.2) is 0 Å². The second-order valence-corrected chi connectivity index (χ2v) is 6.86. The second kappa shape index (κ2) is 6.66. The Kier molecular flexibility index (Phi) is 4.63. The zero-order valence-electron chi connectivity index (χ0n) is 13.5. The van der Waals surface area contributed by atoms with Crippen molar-refractivity contribution in [1.29, 1.82) is 0 Å². The van der Waals surface area contributed by atoms with Gasteiger partial charge >= 0.3 is 0 Å². The molecule has 2 aromatic carbocycles. The number of benzene rings is 2. The van der Waals surface area contributed by atoms with Gasteiger partial charge in [0.1, 0.15) is 0 Å². The van der Waals surface area contributed by atoms with Gasteiger partial charge in [0.25, 0.3) is 0 Å². The molecule has 2 aromatic rings. The van der Waals surface area contributed by atoms with Crippen LogP contribution in [0.4, 0.5) is 0 Å². The molecule has 22 heavy (non-hydrogen) atoms. The van der Waals surface area contributed by atoms with Gasteiger partial charge in [-0.05, 0) is 48.8 Å². The molecule has 0 heterocycles. The van der Waals surface area contributed by atoms with Crippen LogP contribution in [0.15, 0.2) is 60.7 Å². The molecule has 0 aliphatic heterocycles. The molecular weight excluding hydrogens is 266 g/mol. The van der Waals surface area contributed by atoms with Crippen molar-refractivity contribution in [2.45, 2.75) is 38.0 Å². The van der Waals surface area contributed by atoms with Crippen LogP contribution < -0.4 is 5.73 Å². The van der Waals surface area contributed by atoms with Gasteiger partial charge in [-0.15, -0.1) is 0 Å². The molecule has 2 unspecified atom stereocenters. The fourth-order valence-corrected chi connectivity index (χ4v) is 4.48. The molecule has 1 aliphatic rings. The molecular formula is C21H27N. The van der Waals surface area contributed by atoms with E-state index in [4.69, 9.17) is 5.73 Å². The van der Waals surface area contributed by atoms with Crippen molar-refractivity contribution in [1.82, 2.24) is 0 Å². The summed E-state index contributed by atoms with van der Waals surface area (Å²) in [4.78, 5) is 0. The lowest BCUT2D eigenvalue weighted by molar-refractivity contribution is 0.301. The van der Waals surface area contributed by atoms with E-state index in [2.05, 4.69) is 67.6 Å². The summed E-state index contributed by atoms with van der Waals surface area (Å²) in [6, 6.07) is 22.1. The first kappa shape index (κ1) is 15.3. The SMILES string of the molecule is CC1CCC(C(CCN)(c2ccccc2)c2ccccc2)C1. The third-order valence-electron chi connectivity index (χ3n) is 5.51. The minimum absolute atomic E-state index is 0.0715. The summed E-state index contributed by atoms with van der Waals surface area (Å²) < 4.78 is 0. The highest BCUT2D eigenvalue weighted by molar-refractivity contribution is 5.41. The summed E-state index contributed by atoms with van der Waals surface area (Å²) in [5, 5.41) is 0. The van der Waals surface area contributed by atoms with Crippen molar-refractivity contribution in [2.75, 3.05) is 6.54 Å². The molecule has 0 aromatic heterocycles. The summed E-state index contributed by atoms with van der Waals surface area (Å²) in [6.07, 6.45) is 4.99. The smallest absolute Gasteiger partial charge is 0.0243 e. The van der Waals surface area contributed by atoms with Crippen molar-refractivity contribution in [3.8, 4) is 0 Å². The summed E-state index contributed by atoms with van der Waals surface area (Å²) in [7, 11) is 0. The molecule has 1 aliphatic carbocycles. The third kappa shape index (κ3) is 2.70. The Labute approximate surface area is 134 Å². The average Bonchev–Trinajstić information content (AvgIpc) is 3.01. The van der Waals surface area contributed by atoms with Crippen molar-refractivity contribution in [3.05, 3.63) is 71.8 Å². The maximum absolute atomic E-state index is 6.09. The normalized spacial score (nSPS) is 21.9. The van der Waals surface area contributed by atoms with Crippen molar-refractivity contribution < 1.29 is 0 Å². The van der Waals surface area contributed by atoms with Crippen LogP contribution in [-0.4, -0.2) is 6.54 Å². The fourth-order valence-electron chi connectivity index (χ4n) is 4.48. The summed E-state index contributed by atoms with van der Waals surface area (Å²) in [5.41, 5.74) is 9.03. The Balaban J connectivity index is 2.14. The highest BCUT2D eigenvalue weighted by Crippen LogP contribution is 2.50. The number of hydrogen-bond acceptors (Lipinski definition) is 1. The zero-order valence-corrected chi connectivity index (χ0v) is 13.5. The molecule has 3 rings (SSSR count). The highest BCUT2D eigenvalue weighted by Gasteiger charge is 2.43. The van der Waals surface area contributed by atoms with Gasteiger partial charge in [-0.1, -0.05) is 74.0 Å². The molecule has 1 heteroatoms. The van der Waals surface area contributed by atoms with E-state index in [9.17, 15) is 0 Å². The van der Waals surface area contributed by atoms with Crippen LogP contribution in [0.1, 0.15) is 43.7 Å². The quantitative estimate of drug-likeness (QED) is 0.845. The molecule has 0 spiro atoms. The van der Waals surface area contributed by atoms with Crippen LogP contribution in [0.2, 0.25) is 0 Å². The number of rotatable bonds is 5. The van der Waals surface area contributed by atoms with E-state index >= 15 is 0 Å². The monoisotopic (exact) mass is 293 g/mol. The molecule has 2 N–H and O–H groups in total. The second-order valence-electron chi connectivity index (χ2n) is 6.86. The Morgan fingerprint density at radius 2 is 1.45 bits per heavy atom. The minimum Gasteiger partial charge on any atom is -0.330 e.